The van der Waals surface area contributed by atoms with E-state index in [9.17, 15) is 0 Å². The fourth-order valence-corrected chi connectivity index (χ4v) is 0. The number of rotatable bonds is 0. The molecule has 39 valence electrons. The summed E-state index contributed by atoms with van der Waals surface area (Å²) in [7, 11) is 0. The van der Waals surface area contributed by atoms with Crippen LogP contribution < -0.4 is 0 Å². The van der Waals surface area contributed by atoms with E-state index < -0.39 is 0 Å². The summed E-state index contributed by atoms with van der Waals surface area (Å²) in [6.45, 7) is 0. The van der Waals surface area contributed by atoms with Gasteiger partial charge < -0.3 is 0 Å². The second-order valence-electron chi connectivity index (χ2n) is 0. The standard InChI is InChI=1S/Au.Co.Cu.Fe. The molecule has 0 spiro atoms. The molecule has 0 nitrogen and oxygen atoms in total. The first kappa shape index (κ1) is 33.6. The molecule has 0 saturated heterocycles. The molecule has 0 aromatic carbocycles. The van der Waals surface area contributed by atoms with Crippen LogP contribution in [0.1, 0.15) is 0 Å². The molecular weight excluding hydrogens is 375 g/mol. The van der Waals surface area contributed by atoms with Crippen molar-refractivity contribution in [1.29, 1.82) is 0 Å². The molecule has 0 aliphatic carbocycles. The Morgan fingerprint density at radius 3 is 1.00 bits per heavy atom. The molecule has 0 N–H and O–H groups in total. The van der Waals surface area contributed by atoms with Crippen molar-refractivity contribution in [3.63, 3.8) is 0 Å². The molecule has 0 rings (SSSR count). The summed E-state index contributed by atoms with van der Waals surface area (Å²) in [6.07, 6.45) is 0. The minimum Gasteiger partial charge on any atom is 0 e. The van der Waals surface area contributed by atoms with Gasteiger partial charge in [0.25, 0.3) is 0 Å². The van der Waals surface area contributed by atoms with Gasteiger partial charge in [-0.1, -0.05) is 0 Å². The maximum Gasteiger partial charge on any atom is 0 e. The third-order valence-corrected chi connectivity index (χ3v) is 0. The summed E-state index contributed by atoms with van der Waals surface area (Å²) in [5.41, 5.74) is 0. The van der Waals surface area contributed by atoms with E-state index in [4.69, 9.17) is 0 Å². The van der Waals surface area contributed by atoms with Gasteiger partial charge in [-0.15, -0.1) is 0 Å². The van der Waals surface area contributed by atoms with Crippen molar-refractivity contribution in [1.82, 2.24) is 0 Å². The van der Waals surface area contributed by atoms with Gasteiger partial charge in [-0.3, -0.25) is 0 Å². The predicted octanol–water partition coefficient (Wildman–Crippen LogP) is -0.0100. The van der Waals surface area contributed by atoms with Crippen LogP contribution in [0.15, 0.2) is 0 Å². The Labute approximate surface area is 72.5 Å². The van der Waals surface area contributed by atoms with Crippen LogP contribution in [0.2, 0.25) is 0 Å². The molecule has 0 fully saturated rings. The van der Waals surface area contributed by atoms with E-state index in [-0.39, 0.29) is 73.3 Å². The molecule has 0 saturated carbocycles. The smallest absolute Gasteiger partial charge is 0 e. The van der Waals surface area contributed by atoms with Crippen molar-refractivity contribution in [2.75, 3.05) is 0 Å². The Hall–Kier alpha value is 2.29. The van der Waals surface area contributed by atoms with Gasteiger partial charge in [0.1, 0.15) is 0 Å². The second kappa shape index (κ2) is 18.6. The molecule has 0 amide bonds. The van der Waals surface area contributed by atoms with Crippen LogP contribution >= 0.6 is 0 Å². The van der Waals surface area contributed by atoms with Crippen molar-refractivity contribution in [3.8, 4) is 0 Å². The number of hydrogen-bond acceptors (Lipinski definition) is 0. The fraction of sp³-hybridized carbons (Fsp3) is 0. The molecule has 0 unspecified atom stereocenters. The van der Waals surface area contributed by atoms with Crippen LogP contribution in [0.5, 0.6) is 0 Å². The maximum atomic E-state index is 0. The van der Waals surface area contributed by atoms with E-state index in [0.29, 0.717) is 0 Å². The van der Waals surface area contributed by atoms with Gasteiger partial charge in [0, 0.05) is 73.3 Å². The van der Waals surface area contributed by atoms with Crippen molar-refractivity contribution >= 4 is 0 Å². The molecule has 3 radical (unpaired) electrons. The maximum absolute atomic E-state index is 0. The molecule has 0 bridgehead atoms. The van der Waals surface area contributed by atoms with Crippen LogP contribution in [-0.2, 0) is 73.3 Å². The van der Waals surface area contributed by atoms with Gasteiger partial charge in [-0.25, -0.2) is 0 Å². The minimum absolute atomic E-state index is 0. The van der Waals surface area contributed by atoms with Gasteiger partial charge >= 0.3 is 0 Å². The van der Waals surface area contributed by atoms with Gasteiger partial charge in [0.2, 0.25) is 0 Å². The largest absolute Gasteiger partial charge is 0 e. The first-order valence-electron chi connectivity index (χ1n) is 0. The zero-order valence-corrected chi connectivity index (χ0v) is 6.54. The third kappa shape index (κ3) is 8.86. The van der Waals surface area contributed by atoms with Crippen LogP contribution in [0.3, 0.4) is 0 Å². The average Bonchev–Trinajstić information content (AvgIpc) is 0. The van der Waals surface area contributed by atoms with Crippen LogP contribution in [0.25, 0.3) is 0 Å². The van der Waals surface area contributed by atoms with E-state index in [2.05, 4.69) is 0 Å². The first-order chi connectivity index (χ1) is 0. The van der Waals surface area contributed by atoms with Crippen LogP contribution in [0, 0.1) is 0 Å². The van der Waals surface area contributed by atoms with Gasteiger partial charge in [-0.05, 0) is 0 Å². The van der Waals surface area contributed by atoms with Crippen molar-refractivity contribution in [2.45, 2.75) is 0 Å². The molecule has 0 aromatic rings. The molecule has 0 aliphatic heterocycles. The topological polar surface area (TPSA) is 0 Å². The Kier molecular flexibility index (Phi) is 156. The first-order valence-corrected chi connectivity index (χ1v) is 0. The van der Waals surface area contributed by atoms with Gasteiger partial charge in [0.15, 0.2) is 0 Å². The summed E-state index contributed by atoms with van der Waals surface area (Å²) in [5, 5.41) is 0. The Morgan fingerprint density at radius 2 is 1.00 bits per heavy atom. The molecule has 0 atom stereocenters. The molecule has 0 aromatic heterocycles. The Morgan fingerprint density at radius 1 is 1.00 bits per heavy atom. The van der Waals surface area contributed by atoms with E-state index >= 15 is 0 Å². The van der Waals surface area contributed by atoms with E-state index in [0.717, 1.165) is 0 Å². The molecule has 4 heavy (non-hydrogen) atoms. The summed E-state index contributed by atoms with van der Waals surface area (Å²) < 4.78 is 0. The summed E-state index contributed by atoms with van der Waals surface area (Å²) in [5.74, 6) is 0. The molecular formula is AuCoCuFe. The zero-order chi connectivity index (χ0) is 0. The fourth-order valence-electron chi connectivity index (χ4n) is 0. The van der Waals surface area contributed by atoms with Crippen molar-refractivity contribution < 1.29 is 73.3 Å². The van der Waals surface area contributed by atoms with Crippen molar-refractivity contribution in [3.05, 3.63) is 0 Å². The zero-order valence-electron chi connectivity index (χ0n) is 1.29. The normalized spacial score (nSPS) is 0. The predicted molar refractivity (Wildman–Crippen MR) is 0 cm³/mol. The molecule has 0 aliphatic rings. The average molecular weight is 375 g/mol. The van der Waals surface area contributed by atoms with E-state index in [1.54, 1.807) is 0 Å². The Balaban J connectivity index is 0. The Bertz CT molecular complexity index is 8.00. The van der Waals surface area contributed by atoms with Gasteiger partial charge in [-0.2, -0.15) is 0 Å². The van der Waals surface area contributed by atoms with E-state index in [1.165, 1.54) is 0 Å². The molecule has 0 heterocycles. The summed E-state index contributed by atoms with van der Waals surface area (Å²) in [4.78, 5) is 0. The summed E-state index contributed by atoms with van der Waals surface area (Å²) >= 11 is 0. The number of hydrogen-bond donors (Lipinski definition) is 0. The third-order valence-electron chi connectivity index (χ3n) is 0. The quantitative estimate of drug-likeness (QED) is 0.523. The SMILES string of the molecule is [Au].[Co].[Cu].[Fe]. The minimum atomic E-state index is 0. The second-order valence-corrected chi connectivity index (χ2v) is 0. The molecule has 4 heteroatoms. The van der Waals surface area contributed by atoms with Crippen LogP contribution in [-0.4, -0.2) is 0 Å². The van der Waals surface area contributed by atoms with Crippen LogP contribution in [0.4, 0.5) is 0 Å². The van der Waals surface area contributed by atoms with Crippen molar-refractivity contribution in [2.24, 2.45) is 0 Å². The monoisotopic (exact) mass is 375 g/mol. The van der Waals surface area contributed by atoms with Gasteiger partial charge in [0.05, 0.1) is 0 Å². The van der Waals surface area contributed by atoms with E-state index in [1.807, 2.05) is 0 Å². The summed E-state index contributed by atoms with van der Waals surface area (Å²) in [6, 6.07) is 0.